The molecule has 2 aromatic rings. The van der Waals surface area contributed by atoms with E-state index in [0.29, 0.717) is 41.6 Å². The van der Waals surface area contributed by atoms with Crippen LogP contribution in [0.25, 0.3) is 5.57 Å². The molecule has 1 saturated heterocycles. The molecule has 1 unspecified atom stereocenters. The van der Waals surface area contributed by atoms with Crippen molar-refractivity contribution in [3.63, 3.8) is 0 Å². The van der Waals surface area contributed by atoms with Crippen LogP contribution >= 0.6 is 0 Å². The maximum absolute atomic E-state index is 14.5. The second-order valence-corrected chi connectivity index (χ2v) is 8.51. The van der Waals surface area contributed by atoms with Gasteiger partial charge in [0.1, 0.15) is 17.3 Å². The molecular weight excluding hydrogens is 395 g/mol. The minimum absolute atomic E-state index is 0.0187. The van der Waals surface area contributed by atoms with E-state index in [0.717, 1.165) is 17.7 Å². The molecule has 1 atom stereocenters. The van der Waals surface area contributed by atoms with Crippen LogP contribution in [0.3, 0.4) is 0 Å². The Labute approximate surface area is 182 Å². The molecule has 0 spiro atoms. The number of carbonyl (C=O) groups is 2. The summed E-state index contributed by atoms with van der Waals surface area (Å²) in [6.45, 7) is 7.41. The van der Waals surface area contributed by atoms with Crippen molar-refractivity contribution < 1.29 is 18.7 Å². The average Bonchev–Trinajstić information content (AvgIpc) is 2.99. The first-order valence-corrected chi connectivity index (χ1v) is 10.8. The first kappa shape index (κ1) is 21.1. The minimum atomic E-state index is -0.600. The molecule has 162 valence electrons. The summed E-state index contributed by atoms with van der Waals surface area (Å²) in [7, 11) is 0. The maximum Gasteiger partial charge on any atom is 0.282 e. The highest BCUT2D eigenvalue weighted by atomic mass is 19.1. The average molecular weight is 423 g/mol. The van der Waals surface area contributed by atoms with Gasteiger partial charge in [0.2, 0.25) is 0 Å². The van der Waals surface area contributed by atoms with Gasteiger partial charge in [0.05, 0.1) is 17.4 Å². The number of amides is 2. The highest BCUT2D eigenvalue weighted by Crippen LogP contribution is 2.37. The molecule has 2 aliphatic rings. The number of anilines is 1. The number of likely N-dealkylation sites (tertiary alicyclic amines) is 1. The number of benzene rings is 2. The third-order valence-corrected chi connectivity index (χ3v) is 5.64. The van der Waals surface area contributed by atoms with Crippen molar-refractivity contribution in [2.45, 2.75) is 39.7 Å². The zero-order chi connectivity index (χ0) is 22.1. The molecule has 2 aliphatic heterocycles. The van der Waals surface area contributed by atoms with E-state index in [1.807, 2.05) is 18.7 Å². The minimum Gasteiger partial charge on any atom is -0.491 e. The van der Waals surface area contributed by atoms with Crippen LogP contribution in [0.15, 0.2) is 54.2 Å². The van der Waals surface area contributed by atoms with E-state index in [2.05, 4.69) is 6.92 Å². The van der Waals surface area contributed by atoms with Gasteiger partial charge in [-0.2, -0.15) is 0 Å². The molecule has 0 aliphatic carbocycles. The number of ether oxygens (including phenoxy) is 1. The fourth-order valence-corrected chi connectivity index (χ4v) is 4.29. The Hall–Kier alpha value is -3.15. The molecule has 4 rings (SSSR count). The number of imide groups is 1. The fraction of sp³-hybridized carbons (Fsp3) is 0.360. The van der Waals surface area contributed by atoms with Gasteiger partial charge in [-0.1, -0.05) is 31.2 Å². The van der Waals surface area contributed by atoms with Crippen LogP contribution in [0.4, 0.5) is 10.1 Å². The SMILES string of the molecule is CC1CCCN(C2=C(c3ccc(OC(C)C)cc3)C(=O)N(c3ccccc3F)C2=O)C1. The van der Waals surface area contributed by atoms with Gasteiger partial charge < -0.3 is 9.64 Å². The number of nitrogens with zero attached hydrogens (tertiary/aromatic N) is 2. The van der Waals surface area contributed by atoms with E-state index in [4.69, 9.17) is 4.74 Å². The molecule has 6 heteroatoms. The maximum atomic E-state index is 14.5. The Kier molecular flexibility index (Phi) is 5.81. The first-order chi connectivity index (χ1) is 14.9. The lowest BCUT2D eigenvalue weighted by atomic mass is 9.97. The molecule has 31 heavy (non-hydrogen) atoms. The Morgan fingerprint density at radius 2 is 1.74 bits per heavy atom. The zero-order valence-corrected chi connectivity index (χ0v) is 18.1. The standard InChI is InChI=1S/C25H27FN2O3/c1-16(2)31-19-12-10-18(11-13-19)22-23(27-14-6-7-17(3)15-27)25(30)28(24(22)29)21-9-5-4-8-20(21)26/h4-5,8-13,16-17H,6-7,14-15H2,1-3H3. The molecular formula is C25H27FN2O3. The van der Waals surface area contributed by atoms with E-state index < -0.39 is 17.6 Å². The molecule has 5 nitrogen and oxygen atoms in total. The lowest BCUT2D eigenvalue weighted by molar-refractivity contribution is -0.120. The van der Waals surface area contributed by atoms with Crippen LogP contribution < -0.4 is 9.64 Å². The van der Waals surface area contributed by atoms with E-state index in [-0.39, 0.29) is 11.8 Å². The summed E-state index contributed by atoms with van der Waals surface area (Å²) in [6, 6.07) is 13.0. The predicted molar refractivity (Wildman–Crippen MR) is 118 cm³/mol. The third kappa shape index (κ3) is 4.07. The molecule has 2 amide bonds. The topological polar surface area (TPSA) is 49.9 Å². The molecule has 2 aromatic carbocycles. The highest BCUT2D eigenvalue weighted by Gasteiger charge is 2.43. The van der Waals surface area contributed by atoms with Gasteiger partial charge in [-0.05, 0) is 62.4 Å². The van der Waals surface area contributed by atoms with E-state index >= 15 is 0 Å². The lowest BCUT2D eigenvalue weighted by Gasteiger charge is -2.33. The van der Waals surface area contributed by atoms with Crippen LogP contribution in [-0.2, 0) is 9.59 Å². The summed E-state index contributed by atoms with van der Waals surface area (Å²) >= 11 is 0. The van der Waals surface area contributed by atoms with Crippen molar-refractivity contribution in [1.82, 2.24) is 4.90 Å². The summed E-state index contributed by atoms with van der Waals surface area (Å²) in [6.07, 6.45) is 2.06. The van der Waals surface area contributed by atoms with Crippen molar-refractivity contribution in [1.29, 1.82) is 0 Å². The summed E-state index contributed by atoms with van der Waals surface area (Å²) in [5.41, 5.74) is 1.28. The Bertz CT molecular complexity index is 1030. The van der Waals surface area contributed by atoms with Crippen LogP contribution in [0, 0.1) is 11.7 Å². The van der Waals surface area contributed by atoms with E-state index in [9.17, 15) is 14.0 Å². The lowest BCUT2D eigenvalue weighted by Crippen LogP contribution is -2.39. The van der Waals surface area contributed by atoms with Gasteiger partial charge in [-0.15, -0.1) is 0 Å². The first-order valence-electron chi connectivity index (χ1n) is 10.8. The monoisotopic (exact) mass is 422 g/mol. The van der Waals surface area contributed by atoms with Gasteiger partial charge in [0.25, 0.3) is 11.8 Å². The summed E-state index contributed by atoms with van der Waals surface area (Å²) in [4.78, 5) is 29.9. The fourth-order valence-electron chi connectivity index (χ4n) is 4.29. The summed E-state index contributed by atoms with van der Waals surface area (Å²) < 4.78 is 20.2. The summed E-state index contributed by atoms with van der Waals surface area (Å²) in [5, 5.41) is 0. The van der Waals surface area contributed by atoms with Crippen LogP contribution in [0.2, 0.25) is 0 Å². The number of para-hydroxylation sites is 1. The van der Waals surface area contributed by atoms with Crippen LogP contribution in [0.1, 0.15) is 39.2 Å². The number of hydrogen-bond acceptors (Lipinski definition) is 4. The van der Waals surface area contributed by atoms with Gasteiger partial charge in [0.15, 0.2) is 0 Å². The third-order valence-electron chi connectivity index (χ3n) is 5.64. The van der Waals surface area contributed by atoms with Gasteiger partial charge in [-0.25, -0.2) is 9.29 Å². The van der Waals surface area contributed by atoms with Crippen molar-refractivity contribution in [2.24, 2.45) is 5.92 Å². The Balaban J connectivity index is 1.79. The smallest absolute Gasteiger partial charge is 0.282 e. The molecule has 0 N–H and O–H groups in total. The second kappa shape index (κ2) is 8.53. The summed E-state index contributed by atoms with van der Waals surface area (Å²) in [5.74, 6) is -0.468. The normalized spacial score (nSPS) is 19.6. The quantitative estimate of drug-likeness (QED) is 0.660. The number of hydrogen-bond donors (Lipinski definition) is 0. The predicted octanol–water partition coefficient (Wildman–Crippen LogP) is 4.63. The van der Waals surface area contributed by atoms with E-state index in [1.165, 1.54) is 12.1 Å². The molecule has 0 radical (unpaired) electrons. The molecule has 1 fully saturated rings. The van der Waals surface area contributed by atoms with Crippen molar-refractivity contribution in [2.75, 3.05) is 18.0 Å². The van der Waals surface area contributed by atoms with Crippen LogP contribution in [-0.4, -0.2) is 35.9 Å². The van der Waals surface area contributed by atoms with Crippen molar-refractivity contribution in [3.8, 4) is 5.75 Å². The van der Waals surface area contributed by atoms with Crippen LogP contribution in [0.5, 0.6) is 5.75 Å². The highest BCUT2D eigenvalue weighted by molar-refractivity contribution is 6.45. The molecule has 0 saturated carbocycles. The molecule has 0 bridgehead atoms. The van der Waals surface area contributed by atoms with Gasteiger partial charge in [0, 0.05) is 13.1 Å². The van der Waals surface area contributed by atoms with Crippen molar-refractivity contribution >= 4 is 23.1 Å². The Morgan fingerprint density at radius 1 is 1.03 bits per heavy atom. The largest absolute Gasteiger partial charge is 0.491 e. The number of piperidine rings is 1. The van der Waals surface area contributed by atoms with Gasteiger partial charge >= 0.3 is 0 Å². The van der Waals surface area contributed by atoms with Crippen molar-refractivity contribution in [3.05, 3.63) is 65.6 Å². The van der Waals surface area contributed by atoms with E-state index in [1.54, 1.807) is 36.4 Å². The number of rotatable bonds is 5. The van der Waals surface area contributed by atoms with Gasteiger partial charge in [-0.3, -0.25) is 9.59 Å². The Morgan fingerprint density at radius 3 is 2.39 bits per heavy atom. The second-order valence-electron chi connectivity index (χ2n) is 8.51. The number of halogens is 1. The molecule has 0 aromatic heterocycles. The number of carbonyl (C=O) groups excluding carboxylic acids is 2. The molecule has 2 heterocycles. The zero-order valence-electron chi connectivity index (χ0n) is 18.1.